The van der Waals surface area contributed by atoms with Gasteiger partial charge in [-0.05, 0) is 67.8 Å². The van der Waals surface area contributed by atoms with Gasteiger partial charge < -0.3 is 10.5 Å². The van der Waals surface area contributed by atoms with E-state index in [0.717, 1.165) is 42.5 Å². The molecule has 0 amide bonds. The van der Waals surface area contributed by atoms with Crippen molar-refractivity contribution in [1.29, 1.82) is 0 Å². The van der Waals surface area contributed by atoms with Gasteiger partial charge in [-0.25, -0.2) is 4.39 Å². The Morgan fingerprint density at radius 2 is 2.00 bits per heavy atom. The topological polar surface area (TPSA) is 35.2 Å². The maximum atomic E-state index is 13.3. The zero-order chi connectivity index (χ0) is 14.4. The number of rotatable bonds is 7. The van der Waals surface area contributed by atoms with Crippen molar-refractivity contribution in [2.45, 2.75) is 44.9 Å². The molecule has 112 valence electrons. The van der Waals surface area contributed by atoms with Crippen molar-refractivity contribution in [2.75, 3.05) is 13.7 Å². The molecule has 1 aliphatic rings. The lowest BCUT2D eigenvalue weighted by atomic mass is 9.96. The highest BCUT2D eigenvalue weighted by Crippen LogP contribution is 2.36. The maximum absolute atomic E-state index is 13.3. The van der Waals surface area contributed by atoms with Gasteiger partial charge in [0, 0.05) is 0 Å². The second-order valence-electron chi connectivity index (χ2n) is 5.97. The van der Waals surface area contributed by atoms with E-state index in [2.05, 4.69) is 0 Å². The molecule has 20 heavy (non-hydrogen) atoms. The number of aryl methyl sites for hydroxylation is 1. The molecule has 1 saturated carbocycles. The third-order valence-corrected chi connectivity index (χ3v) is 4.53. The van der Waals surface area contributed by atoms with E-state index in [1.807, 2.05) is 0 Å². The van der Waals surface area contributed by atoms with E-state index in [-0.39, 0.29) is 5.82 Å². The van der Waals surface area contributed by atoms with Gasteiger partial charge in [0.1, 0.15) is 11.6 Å². The summed E-state index contributed by atoms with van der Waals surface area (Å²) in [4.78, 5) is 0. The monoisotopic (exact) mass is 279 g/mol. The molecular formula is C17H26FNO. The molecule has 2 nitrogen and oxygen atoms in total. The lowest BCUT2D eigenvalue weighted by molar-refractivity contribution is 0.404. The standard InChI is InChI=1S/C17H26FNO/c1-20-17-8-7-16(18)12-15(17)4-2-3-13-5-6-14(11-13)9-10-19/h7-8,12-14H,2-6,9-11,19H2,1H3. The Balaban J connectivity index is 1.77. The van der Waals surface area contributed by atoms with E-state index >= 15 is 0 Å². The summed E-state index contributed by atoms with van der Waals surface area (Å²) in [5, 5.41) is 0. The summed E-state index contributed by atoms with van der Waals surface area (Å²) in [6, 6.07) is 4.78. The minimum atomic E-state index is -0.176. The molecule has 0 aromatic heterocycles. The van der Waals surface area contributed by atoms with Crippen LogP contribution in [0, 0.1) is 17.7 Å². The molecule has 0 heterocycles. The maximum Gasteiger partial charge on any atom is 0.123 e. The summed E-state index contributed by atoms with van der Waals surface area (Å²) in [5.74, 6) is 2.31. The molecule has 2 rings (SSSR count). The summed E-state index contributed by atoms with van der Waals surface area (Å²) in [5.41, 5.74) is 6.62. The van der Waals surface area contributed by atoms with Crippen LogP contribution in [0.4, 0.5) is 4.39 Å². The normalized spacial score (nSPS) is 22.1. The highest BCUT2D eigenvalue weighted by molar-refractivity contribution is 5.33. The first-order valence-corrected chi connectivity index (χ1v) is 7.75. The predicted octanol–water partition coefficient (Wildman–Crippen LogP) is 3.92. The first-order valence-electron chi connectivity index (χ1n) is 7.75. The van der Waals surface area contributed by atoms with Crippen LogP contribution in [0.2, 0.25) is 0 Å². The molecule has 2 N–H and O–H groups in total. The molecule has 1 fully saturated rings. The van der Waals surface area contributed by atoms with Gasteiger partial charge in [0.05, 0.1) is 7.11 Å². The van der Waals surface area contributed by atoms with Crippen LogP contribution in [0.3, 0.4) is 0 Å². The fourth-order valence-electron chi connectivity index (χ4n) is 3.46. The number of hydrogen-bond donors (Lipinski definition) is 1. The van der Waals surface area contributed by atoms with E-state index in [4.69, 9.17) is 10.5 Å². The minimum absolute atomic E-state index is 0.176. The van der Waals surface area contributed by atoms with Gasteiger partial charge in [-0.2, -0.15) is 0 Å². The van der Waals surface area contributed by atoms with Gasteiger partial charge in [0.15, 0.2) is 0 Å². The number of nitrogens with two attached hydrogens (primary N) is 1. The Hall–Kier alpha value is -1.09. The third-order valence-electron chi connectivity index (χ3n) is 4.53. The molecule has 0 spiro atoms. The highest BCUT2D eigenvalue weighted by atomic mass is 19.1. The molecule has 2 atom stereocenters. The Morgan fingerprint density at radius 3 is 2.70 bits per heavy atom. The van der Waals surface area contributed by atoms with E-state index in [9.17, 15) is 4.39 Å². The second kappa shape index (κ2) is 7.63. The number of methoxy groups -OCH3 is 1. The van der Waals surface area contributed by atoms with Crippen LogP contribution >= 0.6 is 0 Å². The van der Waals surface area contributed by atoms with Crippen molar-refractivity contribution in [1.82, 2.24) is 0 Å². The predicted molar refractivity (Wildman–Crippen MR) is 80.4 cm³/mol. The van der Waals surface area contributed by atoms with Crippen LogP contribution in [0.5, 0.6) is 5.75 Å². The molecule has 1 aromatic rings. The smallest absolute Gasteiger partial charge is 0.123 e. The zero-order valence-corrected chi connectivity index (χ0v) is 12.4. The average Bonchev–Trinajstić information content (AvgIpc) is 2.87. The van der Waals surface area contributed by atoms with Gasteiger partial charge in [0.25, 0.3) is 0 Å². The quantitative estimate of drug-likeness (QED) is 0.821. The van der Waals surface area contributed by atoms with Gasteiger partial charge in [-0.15, -0.1) is 0 Å². The van der Waals surface area contributed by atoms with Gasteiger partial charge in [0.2, 0.25) is 0 Å². The third kappa shape index (κ3) is 4.20. The van der Waals surface area contributed by atoms with Crippen molar-refractivity contribution in [3.63, 3.8) is 0 Å². The Bertz CT molecular complexity index is 421. The van der Waals surface area contributed by atoms with Crippen LogP contribution in [-0.4, -0.2) is 13.7 Å². The van der Waals surface area contributed by atoms with Crippen molar-refractivity contribution in [3.8, 4) is 5.75 Å². The van der Waals surface area contributed by atoms with Crippen molar-refractivity contribution < 1.29 is 9.13 Å². The average molecular weight is 279 g/mol. The van der Waals surface area contributed by atoms with Crippen molar-refractivity contribution >= 4 is 0 Å². The summed E-state index contributed by atoms with van der Waals surface area (Å²) in [6.45, 7) is 0.817. The van der Waals surface area contributed by atoms with Gasteiger partial charge in [-0.1, -0.05) is 19.3 Å². The van der Waals surface area contributed by atoms with Crippen LogP contribution < -0.4 is 10.5 Å². The largest absolute Gasteiger partial charge is 0.496 e. The summed E-state index contributed by atoms with van der Waals surface area (Å²) < 4.78 is 18.6. The molecule has 1 aromatic carbocycles. The van der Waals surface area contributed by atoms with E-state index < -0.39 is 0 Å². The number of ether oxygens (including phenoxy) is 1. The lowest BCUT2D eigenvalue weighted by Gasteiger charge is -2.12. The SMILES string of the molecule is COc1ccc(F)cc1CCCC1CCC(CCN)C1. The molecule has 0 aliphatic heterocycles. The van der Waals surface area contributed by atoms with Crippen LogP contribution in [-0.2, 0) is 6.42 Å². The fourth-order valence-corrected chi connectivity index (χ4v) is 3.46. The molecule has 0 bridgehead atoms. The molecular weight excluding hydrogens is 253 g/mol. The molecule has 0 saturated heterocycles. The number of benzene rings is 1. The summed E-state index contributed by atoms with van der Waals surface area (Å²) in [6.07, 6.45) is 8.43. The van der Waals surface area contributed by atoms with Crippen LogP contribution in [0.1, 0.15) is 44.1 Å². The zero-order valence-electron chi connectivity index (χ0n) is 12.4. The fraction of sp³-hybridized carbons (Fsp3) is 0.647. The second-order valence-corrected chi connectivity index (χ2v) is 5.97. The summed E-state index contributed by atoms with van der Waals surface area (Å²) in [7, 11) is 1.64. The van der Waals surface area contributed by atoms with Crippen LogP contribution in [0.15, 0.2) is 18.2 Å². The molecule has 0 radical (unpaired) electrons. The lowest BCUT2D eigenvalue weighted by Crippen LogP contribution is -2.06. The Labute approximate surface area is 121 Å². The molecule has 1 aliphatic carbocycles. The van der Waals surface area contributed by atoms with E-state index in [1.54, 1.807) is 19.2 Å². The molecule has 2 unspecified atom stereocenters. The first kappa shape index (κ1) is 15.3. The van der Waals surface area contributed by atoms with E-state index in [0.29, 0.717) is 0 Å². The first-order chi connectivity index (χ1) is 9.72. The van der Waals surface area contributed by atoms with Crippen molar-refractivity contribution in [3.05, 3.63) is 29.6 Å². The number of halogens is 1. The van der Waals surface area contributed by atoms with Gasteiger partial charge >= 0.3 is 0 Å². The van der Waals surface area contributed by atoms with E-state index in [1.165, 1.54) is 38.2 Å². The van der Waals surface area contributed by atoms with Crippen molar-refractivity contribution in [2.24, 2.45) is 17.6 Å². The summed E-state index contributed by atoms with van der Waals surface area (Å²) >= 11 is 0. The number of hydrogen-bond acceptors (Lipinski definition) is 2. The Morgan fingerprint density at radius 1 is 1.25 bits per heavy atom. The highest BCUT2D eigenvalue weighted by Gasteiger charge is 2.23. The minimum Gasteiger partial charge on any atom is -0.496 e. The Kier molecular flexibility index (Phi) is 5.84. The van der Waals surface area contributed by atoms with Gasteiger partial charge in [-0.3, -0.25) is 0 Å². The molecule has 3 heteroatoms. The van der Waals surface area contributed by atoms with Crippen LogP contribution in [0.25, 0.3) is 0 Å².